The third-order valence-electron chi connectivity index (χ3n) is 5.07. The van der Waals surface area contributed by atoms with Gasteiger partial charge in [-0.1, -0.05) is 12.1 Å². The first-order valence-electron chi connectivity index (χ1n) is 9.38. The number of carbonyl (C=O) groups excluding carboxylic acids is 2. The molecule has 0 unspecified atom stereocenters. The molecule has 3 amide bonds. The number of hydrogen-bond acceptors (Lipinski definition) is 3. The van der Waals surface area contributed by atoms with Crippen LogP contribution < -0.4 is 10.6 Å². The Labute approximate surface area is 159 Å². The van der Waals surface area contributed by atoms with Gasteiger partial charge in [0.25, 0.3) is 5.91 Å². The van der Waals surface area contributed by atoms with E-state index in [1.807, 2.05) is 36.4 Å². The van der Waals surface area contributed by atoms with Crippen molar-refractivity contribution in [2.75, 3.05) is 20.1 Å². The molecule has 0 saturated carbocycles. The molecule has 2 aromatic rings. The molecule has 2 N–H and O–H groups in total. The molecule has 1 aliphatic rings. The number of amides is 3. The zero-order valence-electron chi connectivity index (χ0n) is 15.9. The number of aryl methyl sites for hydroxylation is 1. The molecular weight excluding hydrogens is 342 g/mol. The topological polar surface area (TPSA) is 79.3 Å². The van der Waals surface area contributed by atoms with E-state index in [2.05, 4.69) is 20.2 Å². The summed E-state index contributed by atoms with van der Waals surface area (Å²) in [7, 11) is 1.61. The summed E-state index contributed by atoms with van der Waals surface area (Å²) in [5, 5.41) is 5.59. The van der Waals surface area contributed by atoms with Crippen LogP contribution in [0.15, 0.2) is 36.7 Å². The molecule has 27 heavy (non-hydrogen) atoms. The molecule has 0 spiro atoms. The second-order valence-corrected chi connectivity index (χ2v) is 7.02. The van der Waals surface area contributed by atoms with Gasteiger partial charge >= 0.3 is 6.03 Å². The van der Waals surface area contributed by atoms with Gasteiger partial charge in [-0.3, -0.25) is 4.79 Å². The van der Waals surface area contributed by atoms with Crippen LogP contribution in [0.1, 0.15) is 34.6 Å². The minimum absolute atomic E-state index is 0.0302. The number of carbonyl (C=O) groups is 2. The second-order valence-electron chi connectivity index (χ2n) is 7.02. The second kappa shape index (κ2) is 8.70. The summed E-state index contributed by atoms with van der Waals surface area (Å²) in [4.78, 5) is 30.3. The van der Waals surface area contributed by atoms with Gasteiger partial charge in [-0.15, -0.1) is 0 Å². The van der Waals surface area contributed by atoms with Crippen LogP contribution >= 0.6 is 0 Å². The molecule has 1 fully saturated rings. The summed E-state index contributed by atoms with van der Waals surface area (Å²) in [5.41, 5.74) is 1.58. The molecule has 3 rings (SSSR count). The molecule has 0 aliphatic carbocycles. The van der Waals surface area contributed by atoms with E-state index < -0.39 is 0 Å². The fourth-order valence-corrected chi connectivity index (χ4v) is 3.48. The number of piperidine rings is 1. The number of aromatic nitrogens is 2. The van der Waals surface area contributed by atoms with Gasteiger partial charge in [0.15, 0.2) is 0 Å². The number of urea groups is 1. The summed E-state index contributed by atoms with van der Waals surface area (Å²) in [6.07, 6.45) is 5.96. The van der Waals surface area contributed by atoms with Crippen molar-refractivity contribution >= 4 is 11.9 Å². The van der Waals surface area contributed by atoms with Crippen LogP contribution in [0.2, 0.25) is 0 Å². The third-order valence-corrected chi connectivity index (χ3v) is 5.07. The Kier molecular flexibility index (Phi) is 6.11. The number of nitrogens with one attached hydrogen (secondary N) is 2. The molecule has 1 aromatic carbocycles. The van der Waals surface area contributed by atoms with E-state index in [1.165, 1.54) is 0 Å². The van der Waals surface area contributed by atoms with Gasteiger partial charge in [-0.25, -0.2) is 9.78 Å². The number of benzene rings is 1. The molecule has 0 bridgehead atoms. The van der Waals surface area contributed by atoms with Crippen LogP contribution in [0.25, 0.3) is 0 Å². The summed E-state index contributed by atoms with van der Waals surface area (Å²) in [5.74, 6) is 1.35. The Balaban J connectivity index is 1.50. The van der Waals surface area contributed by atoms with E-state index in [0.717, 1.165) is 43.9 Å². The van der Waals surface area contributed by atoms with Crippen molar-refractivity contribution in [2.24, 2.45) is 5.92 Å². The zero-order chi connectivity index (χ0) is 19.2. The molecule has 144 valence electrons. The highest BCUT2D eigenvalue weighted by Gasteiger charge is 2.24. The normalized spacial score (nSPS) is 16.8. The van der Waals surface area contributed by atoms with Gasteiger partial charge in [-0.05, 0) is 43.4 Å². The monoisotopic (exact) mass is 369 g/mol. The smallest absolute Gasteiger partial charge is 0.317 e. The first-order chi connectivity index (χ1) is 13.1. The first-order valence-corrected chi connectivity index (χ1v) is 9.38. The first kappa shape index (κ1) is 18.9. The maximum absolute atomic E-state index is 12.5. The lowest BCUT2D eigenvalue weighted by Gasteiger charge is -2.33. The van der Waals surface area contributed by atoms with Crippen LogP contribution in [-0.2, 0) is 13.1 Å². The van der Waals surface area contributed by atoms with Crippen molar-refractivity contribution in [3.8, 4) is 0 Å². The van der Waals surface area contributed by atoms with Crippen molar-refractivity contribution < 1.29 is 9.59 Å². The fourth-order valence-electron chi connectivity index (χ4n) is 3.48. The van der Waals surface area contributed by atoms with Crippen LogP contribution in [0.3, 0.4) is 0 Å². The molecule has 1 aliphatic heterocycles. The van der Waals surface area contributed by atoms with E-state index in [1.54, 1.807) is 19.2 Å². The van der Waals surface area contributed by atoms with Crippen LogP contribution in [0.4, 0.5) is 4.79 Å². The van der Waals surface area contributed by atoms with E-state index in [0.29, 0.717) is 18.0 Å². The van der Waals surface area contributed by atoms with Gasteiger partial charge in [0.2, 0.25) is 0 Å². The Bertz CT molecular complexity index is 784. The predicted octanol–water partition coefficient (Wildman–Crippen LogP) is 2.17. The zero-order valence-corrected chi connectivity index (χ0v) is 15.9. The van der Waals surface area contributed by atoms with Crippen molar-refractivity contribution in [3.63, 3.8) is 0 Å². The Hall–Kier alpha value is -2.83. The number of likely N-dealkylation sites (tertiary alicyclic amines) is 1. The van der Waals surface area contributed by atoms with Crippen molar-refractivity contribution in [3.05, 3.63) is 53.6 Å². The molecule has 2 heterocycles. The number of nitrogens with zero attached hydrogens (tertiary/aromatic N) is 3. The molecule has 1 saturated heterocycles. The lowest BCUT2D eigenvalue weighted by molar-refractivity contribution is 0.0963. The van der Waals surface area contributed by atoms with Crippen molar-refractivity contribution in [2.45, 2.75) is 32.9 Å². The molecular formula is C20H27N5O2. The summed E-state index contributed by atoms with van der Waals surface area (Å²) in [6, 6.07) is 7.24. The lowest BCUT2D eigenvalue weighted by Crippen LogP contribution is -2.46. The Morgan fingerprint density at radius 3 is 2.70 bits per heavy atom. The highest BCUT2D eigenvalue weighted by atomic mass is 16.2. The van der Waals surface area contributed by atoms with Crippen LogP contribution in [0.5, 0.6) is 0 Å². The standard InChI is InChI=1S/C20H27N5O2/c1-15-22-9-11-24(15)13-17-4-3-10-25(14-17)20(27)23-12-16-5-7-18(8-6-16)19(26)21-2/h5-9,11,17H,3-4,10,12-14H2,1-2H3,(H,21,26)(H,23,27)/t17-/m0/s1. The average Bonchev–Trinajstić information content (AvgIpc) is 3.10. The highest BCUT2D eigenvalue weighted by Crippen LogP contribution is 2.19. The summed E-state index contributed by atoms with van der Waals surface area (Å²) in [6.45, 7) is 4.91. The van der Waals surface area contributed by atoms with Crippen LogP contribution in [0, 0.1) is 12.8 Å². The molecule has 1 atom stereocenters. The van der Waals surface area contributed by atoms with Gasteiger partial charge in [0.1, 0.15) is 5.82 Å². The maximum atomic E-state index is 12.5. The quantitative estimate of drug-likeness (QED) is 0.848. The maximum Gasteiger partial charge on any atom is 0.317 e. The highest BCUT2D eigenvalue weighted by molar-refractivity contribution is 5.93. The van der Waals surface area contributed by atoms with Crippen LogP contribution in [-0.4, -0.2) is 46.5 Å². The number of imidazole rings is 1. The van der Waals surface area contributed by atoms with E-state index in [-0.39, 0.29) is 11.9 Å². The number of hydrogen-bond donors (Lipinski definition) is 2. The minimum Gasteiger partial charge on any atom is -0.355 e. The largest absolute Gasteiger partial charge is 0.355 e. The molecule has 0 radical (unpaired) electrons. The SMILES string of the molecule is CNC(=O)c1ccc(CNC(=O)N2CCC[C@@H](Cn3ccnc3C)C2)cc1. The molecule has 1 aromatic heterocycles. The van der Waals surface area contributed by atoms with Gasteiger partial charge in [0.05, 0.1) is 0 Å². The summed E-state index contributed by atoms with van der Waals surface area (Å²) >= 11 is 0. The minimum atomic E-state index is -0.113. The van der Waals surface area contributed by atoms with E-state index in [4.69, 9.17) is 0 Å². The van der Waals surface area contributed by atoms with Gasteiger partial charge < -0.3 is 20.1 Å². The molecule has 7 nitrogen and oxygen atoms in total. The van der Waals surface area contributed by atoms with E-state index in [9.17, 15) is 9.59 Å². The Morgan fingerprint density at radius 2 is 2.04 bits per heavy atom. The van der Waals surface area contributed by atoms with Gasteiger partial charge in [0, 0.05) is 51.2 Å². The molecule has 7 heteroatoms. The van der Waals surface area contributed by atoms with Crippen molar-refractivity contribution in [1.82, 2.24) is 25.1 Å². The number of rotatable bonds is 5. The Morgan fingerprint density at radius 1 is 1.26 bits per heavy atom. The fraction of sp³-hybridized carbons (Fsp3) is 0.450. The third kappa shape index (κ3) is 4.87. The van der Waals surface area contributed by atoms with Gasteiger partial charge in [-0.2, -0.15) is 0 Å². The lowest BCUT2D eigenvalue weighted by atomic mass is 9.98. The van der Waals surface area contributed by atoms with E-state index >= 15 is 0 Å². The summed E-state index contributed by atoms with van der Waals surface area (Å²) < 4.78 is 2.15. The van der Waals surface area contributed by atoms with Crippen molar-refractivity contribution in [1.29, 1.82) is 0 Å². The predicted molar refractivity (Wildman–Crippen MR) is 103 cm³/mol. The average molecular weight is 369 g/mol.